The second-order valence-corrected chi connectivity index (χ2v) is 6.77. The first-order chi connectivity index (χ1) is 11.7. The van der Waals surface area contributed by atoms with Crippen molar-refractivity contribution in [3.05, 3.63) is 58.0 Å². The van der Waals surface area contributed by atoms with Crippen molar-refractivity contribution in [2.24, 2.45) is 0 Å². The van der Waals surface area contributed by atoms with Crippen LogP contribution in [-0.2, 0) is 6.54 Å². The summed E-state index contributed by atoms with van der Waals surface area (Å²) in [6.07, 6.45) is 0. The van der Waals surface area contributed by atoms with Gasteiger partial charge in [0.2, 0.25) is 0 Å². The fraction of sp³-hybridized carbons (Fsp3) is 0.176. The van der Waals surface area contributed by atoms with Gasteiger partial charge in [0, 0.05) is 10.4 Å². The quantitative estimate of drug-likeness (QED) is 0.618. The molecule has 0 aliphatic rings. The molecular formula is C17H16N6S. The lowest BCUT2D eigenvalue weighted by Gasteiger charge is -2.04. The first kappa shape index (κ1) is 14.8. The number of rotatable bonds is 4. The summed E-state index contributed by atoms with van der Waals surface area (Å²) in [6, 6.07) is 13.8. The van der Waals surface area contributed by atoms with E-state index in [0.29, 0.717) is 6.54 Å². The standard InChI is InChI=1S/C17H16N6S/c1-11-12(2)24-16(19-11)10-18-14-8-9-15-20-21-17(23(15)22-14)13-6-4-3-5-7-13/h3-9H,10H2,1-2H3,(H,18,22). The highest BCUT2D eigenvalue weighted by atomic mass is 32.1. The molecule has 3 aromatic heterocycles. The van der Waals surface area contributed by atoms with Crippen LogP contribution in [0.4, 0.5) is 5.82 Å². The third-order valence-corrected chi connectivity index (χ3v) is 4.86. The molecule has 0 atom stereocenters. The number of hydrogen-bond donors (Lipinski definition) is 1. The maximum Gasteiger partial charge on any atom is 0.185 e. The molecule has 24 heavy (non-hydrogen) atoms. The van der Waals surface area contributed by atoms with Gasteiger partial charge in [-0.2, -0.15) is 4.52 Å². The zero-order chi connectivity index (χ0) is 16.5. The number of nitrogens with one attached hydrogen (secondary N) is 1. The van der Waals surface area contributed by atoms with Crippen LogP contribution in [0.5, 0.6) is 0 Å². The Morgan fingerprint density at radius 2 is 1.88 bits per heavy atom. The third kappa shape index (κ3) is 2.74. The Kier molecular flexibility index (Phi) is 3.70. The van der Waals surface area contributed by atoms with Gasteiger partial charge in [-0.3, -0.25) is 0 Å². The van der Waals surface area contributed by atoms with Crippen molar-refractivity contribution >= 4 is 22.8 Å². The van der Waals surface area contributed by atoms with Crippen LogP contribution < -0.4 is 5.32 Å². The minimum atomic E-state index is 0.653. The van der Waals surface area contributed by atoms with E-state index < -0.39 is 0 Å². The lowest BCUT2D eigenvalue weighted by molar-refractivity contribution is 0.922. The number of aryl methyl sites for hydroxylation is 2. The predicted molar refractivity (Wildman–Crippen MR) is 95.1 cm³/mol. The normalized spacial score (nSPS) is 11.1. The first-order valence-electron chi connectivity index (χ1n) is 7.65. The summed E-state index contributed by atoms with van der Waals surface area (Å²) in [6.45, 7) is 4.77. The highest BCUT2D eigenvalue weighted by Crippen LogP contribution is 2.19. The second-order valence-electron chi connectivity index (χ2n) is 5.48. The molecule has 0 spiro atoms. The highest BCUT2D eigenvalue weighted by Gasteiger charge is 2.10. The zero-order valence-electron chi connectivity index (χ0n) is 13.4. The molecule has 0 radical (unpaired) electrons. The molecule has 1 aromatic carbocycles. The Labute approximate surface area is 143 Å². The SMILES string of the molecule is Cc1nc(CNc2ccc3nnc(-c4ccccc4)n3n2)sc1C. The van der Waals surface area contributed by atoms with Crippen molar-refractivity contribution in [1.82, 2.24) is 24.8 Å². The van der Waals surface area contributed by atoms with Crippen molar-refractivity contribution < 1.29 is 0 Å². The van der Waals surface area contributed by atoms with Gasteiger partial charge >= 0.3 is 0 Å². The number of thiazole rings is 1. The lowest BCUT2D eigenvalue weighted by Crippen LogP contribution is -2.04. The van der Waals surface area contributed by atoms with Crippen LogP contribution >= 0.6 is 11.3 Å². The summed E-state index contributed by atoms with van der Waals surface area (Å²) in [5, 5.41) is 17.4. The molecule has 0 aliphatic heterocycles. The van der Waals surface area contributed by atoms with Gasteiger partial charge < -0.3 is 5.32 Å². The molecule has 0 saturated heterocycles. The lowest BCUT2D eigenvalue weighted by atomic mass is 10.2. The predicted octanol–water partition coefficient (Wildman–Crippen LogP) is 3.48. The van der Waals surface area contributed by atoms with Crippen molar-refractivity contribution in [3.8, 4) is 11.4 Å². The monoisotopic (exact) mass is 336 g/mol. The topological polar surface area (TPSA) is 68.0 Å². The Balaban J connectivity index is 1.62. The maximum atomic E-state index is 4.61. The van der Waals surface area contributed by atoms with Gasteiger partial charge in [0.15, 0.2) is 11.5 Å². The van der Waals surface area contributed by atoms with Gasteiger partial charge in [0.1, 0.15) is 10.8 Å². The number of aromatic nitrogens is 5. The molecule has 0 amide bonds. The average molecular weight is 336 g/mol. The summed E-state index contributed by atoms with van der Waals surface area (Å²) in [7, 11) is 0. The minimum Gasteiger partial charge on any atom is -0.362 e. The summed E-state index contributed by atoms with van der Waals surface area (Å²) in [4.78, 5) is 5.79. The molecule has 6 nitrogen and oxygen atoms in total. The molecule has 120 valence electrons. The van der Waals surface area contributed by atoms with Crippen molar-refractivity contribution in [2.75, 3.05) is 5.32 Å². The van der Waals surface area contributed by atoms with Gasteiger partial charge in [0.25, 0.3) is 0 Å². The van der Waals surface area contributed by atoms with Crippen molar-refractivity contribution in [1.29, 1.82) is 0 Å². The fourth-order valence-corrected chi connectivity index (χ4v) is 3.31. The van der Waals surface area contributed by atoms with Gasteiger partial charge in [-0.25, -0.2) is 4.98 Å². The molecule has 0 bridgehead atoms. The number of anilines is 1. The Morgan fingerprint density at radius 3 is 2.62 bits per heavy atom. The molecule has 3 heterocycles. The summed E-state index contributed by atoms with van der Waals surface area (Å²) in [5.41, 5.74) is 2.80. The smallest absolute Gasteiger partial charge is 0.185 e. The van der Waals surface area contributed by atoms with Crippen molar-refractivity contribution in [2.45, 2.75) is 20.4 Å². The van der Waals surface area contributed by atoms with Crippen LogP contribution in [0.3, 0.4) is 0 Å². The van der Waals surface area contributed by atoms with Crippen LogP contribution in [0, 0.1) is 13.8 Å². The van der Waals surface area contributed by atoms with Crippen LogP contribution in [0.15, 0.2) is 42.5 Å². The van der Waals surface area contributed by atoms with Gasteiger partial charge in [-0.15, -0.1) is 26.6 Å². The van der Waals surface area contributed by atoms with Crippen molar-refractivity contribution in [3.63, 3.8) is 0 Å². The Hall–Kier alpha value is -2.80. The number of fused-ring (bicyclic) bond motifs is 1. The van der Waals surface area contributed by atoms with Crippen LogP contribution in [0.2, 0.25) is 0 Å². The van der Waals surface area contributed by atoms with Gasteiger partial charge in [-0.1, -0.05) is 30.3 Å². The molecular weight excluding hydrogens is 320 g/mol. The highest BCUT2D eigenvalue weighted by molar-refractivity contribution is 7.11. The van der Waals surface area contributed by atoms with E-state index in [1.54, 1.807) is 15.9 Å². The average Bonchev–Trinajstić information content (AvgIpc) is 3.17. The largest absolute Gasteiger partial charge is 0.362 e. The Morgan fingerprint density at radius 1 is 1.04 bits per heavy atom. The summed E-state index contributed by atoms with van der Waals surface area (Å²) < 4.78 is 1.76. The number of hydrogen-bond acceptors (Lipinski definition) is 6. The van der Waals surface area contributed by atoms with Crippen LogP contribution in [-0.4, -0.2) is 24.8 Å². The maximum absolute atomic E-state index is 4.61. The number of benzene rings is 1. The Bertz CT molecular complexity index is 969. The van der Waals surface area contributed by atoms with E-state index in [1.807, 2.05) is 49.4 Å². The first-order valence-corrected chi connectivity index (χ1v) is 8.47. The summed E-state index contributed by atoms with van der Waals surface area (Å²) >= 11 is 1.71. The third-order valence-electron chi connectivity index (χ3n) is 3.79. The minimum absolute atomic E-state index is 0.653. The molecule has 0 fully saturated rings. The molecule has 1 N–H and O–H groups in total. The van der Waals surface area contributed by atoms with Crippen LogP contribution in [0.1, 0.15) is 15.6 Å². The zero-order valence-corrected chi connectivity index (χ0v) is 14.2. The second kappa shape index (κ2) is 6.01. The number of nitrogens with zero attached hydrogens (tertiary/aromatic N) is 5. The molecule has 7 heteroatoms. The summed E-state index contributed by atoms with van der Waals surface area (Å²) in [5.74, 6) is 1.50. The van der Waals surface area contributed by atoms with Gasteiger partial charge in [-0.05, 0) is 26.0 Å². The van der Waals surface area contributed by atoms with E-state index >= 15 is 0 Å². The fourth-order valence-electron chi connectivity index (χ4n) is 2.43. The van der Waals surface area contributed by atoms with Crippen LogP contribution in [0.25, 0.3) is 17.0 Å². The van der Waals surface area contributed by atoms with E-state index in [1.165, 1.54) is 4.88 Å². The molecule has 4 rings (SSSR count). The molecule has 0 saturated carbocycles. The van der Waals surface area contributed by atoms with E-state index in [2.05, 4.69) is 32.5 Å². The van der Waals surface area contributed by atoms with E-state index in [9.17, 15) is 0 Å². The van der Waals surface area contributed by atoms with E-state index in [0.717, 1.165) is 33.6 Å². The molecule has 0 unspecified atom stereocenters. The van der Waals surface area contributed by atoms with E-state index in [4.69, 9.17) is 0 Å². The van der Waals surface area contributed by atoms with Gasteiger partial charge in [0.05, 0.1) is 12.2 Å². The molecule has 4 aromatic rings. The molecule has 0 aliphatic carbocycles. The van der Waals surface area contributed by atoms with E-state index in [-0.39, 0.29) is 0 Å².